The number of hydrogen-bond donors (Lipinski definition) is 1. The normalized spacial score (nSPS) is 23.7. The highest BCUT2D eigenvalue weighted by molar-refractivity contribution is 5.82. The van der Waals surface area contributed by atoms with Gasteiger partial charge in [-0.15, -0.1) is 0 Å². The number of hydrogen-bond acceptors (Lipinski definition) is 4. The van der Waals surface area contributed by atoms with E-state index in [4.69, 9.17) is 10.5 Å². The molecule has 2 atom stereocenters. The first-order valence-electron chi connectivity index (χ1n) is 8.15. The van der Waals surface area contributed by atoms with Gasteiger partial charge in [0.2, 0.25) is 5.91 Å². The number of rotatable bonds is 4. The third-order valence-corrected chi connectivity index (χ3v) is 4.58. The highest BCUT2D eigenvalue weighted by atomic mass is 16.5. The van der Waals surface area contributed by atoms with E-state index in [2.05, 4.69) is 4.90 Å². The molecule has 2 fully saturated rings. The summed E-state index contributed by atoms with van der Waals surface area (Å²) in [5.74, 6) is -0.271. The minimum atomic E-state index is -0.434. The number of benzene rings is 1. The maximum Gasteiger partial charge on any atom is 0.251 e. The van der Waals surface area contributed by atoms with Crippen LogP contribution in [0.2, 0.25) is 0 Å². The third kappa shape index (κ3) is 3.54. The van der Waals surface area contributed by atoms with Gasteiger partial charge in [0.1, 0.15) is 12.1 Å². The first-order chi connectivity index (χ1) is 11.2. The molecular weight excluding hydrogens is 294 g/mol. The van der Waals surface area contributed by atoms with Crippen LogP contribution >= 0.6 is 0 Å². The molecule has 0 unspecified atom stereocenters. The van der Waals surface area contributed by atoms with Crippen LogP contribution in [-0.4, -0.2) is 60.5 Å². The van der Waals surface area contributed by atoms with Gasteiger partial charge in [-0.25, -0.2) is 0 Å². The first kappa shape index (κ1) is 16.0. The van der Waals surface area contributed by atoms with Gasteiger partial charge < -0.3 is 15.4 Å². The molecule has 23 heavy (non-hydrogen) atoms. The van der Waals surface area contributed by atoms with Gasteiger partial charge in [0.15, 0.2) is 0 Å². The predicted octanol–water partition coefficient (Wildman–Crippen LogP) is 0.536. The van der Waals surface area contributed by atoms with Crippen molar-refractivity contribution in [3.05, 3.63) is 35.9 Å². The summed E-state index contributed by atoms with van der Waals surface area (Å²) in [6.07, 6.45) is 1.49. The number of carbonyl (C=O) groups excluding carboxylic acids is 2. The maximum atomic E-state index is 12.4. The Bertz CT molecular complexity index is 549. The summed E-state index contributed by atoms with van der Waals surface area (Å²) in [6, 6.07) is 9.12. The Morgan fingerprint density at radius 3 is 2.39 bits per heavy atom. The van der Waals surface area contributed by atoms with Crippen molar-refractivity contribution in [1.29, 1.82) is 0 Å². The third-order valence-electron chi connectivity index (χ3n) is 4.58. The maximum absolute atomic E-state index is 12.4. The van der Waals surface area contributed by atoms with Crippen molar-refractivity contribution in [2.24, 2.45) is 5.73 Å². The molecule has 2 N–H and O–H groups in total. The molecule has 2 aliphatic rings. The van der Waals surface area contributed by atoms with Crippen molar-refractivity contribution in [2.45, 2.75) is 25.0 Å². The average molecular weight is 317 g/mol. The number of carbonyl (C=O) groups is 2. The molecule has 2 heterocycles. The lowest BCUT2D eigenvalue weighted by Crippen LogP contribution is -2.53. The lowest BCUT2D eigenvalue weighted by Gasteiger charge is -2.38. The van der Waals surface area contributed by atoms with E-state index >= 15 is 0 Å². The topological polar surface area (TPSA) is 75.9 Å². The van der Waals surface area contributed by atoms with E-state index in [1.807, 2.05) is 35.2 Å². The van der Waals surface area contributed by atoms with Gasteiger partial charge in [-0.1, -0.05) is 30.3 Å². The van der Waals surface area contributed by atoms with E-state index < -0.39 is 6.04 Å². The van der Waals surface area contributed by atoms with Crippen molar-refractivity contribution in [3.8, 4) is 0 Å². The summed E-state index contributed by atoms with van der Waals surface area (Å²) < 4.78 is 5.47. The largest absolute Gasteiger partial charge is 0.368 e. The summed E-state index contributed by atoms with van der Waals surface area (Å²) in [6.45, 7) is 3.17. The molecule has 0 aliphatic carbocycles. The number of nitrogens with zero attached hydrogens (tertiary/aromatic N) is 2. The van der Waals surface area contributed by atoms with E-state index in [0.29, 0.717) is 32.8 Å². The van der Waals surface area contributed by atoms with Crippen molar-refractivity contribution in [2.75, 3.05) is 32.8 Å². The smallest absolute Gasteiger partial charge is 0.251 e. The van der Waals surface area contributed by atoms with Crippen LogP contribution in [0.1, 0.15) is 24.4 Å². The van der Waals surface area contributed by atoms with E-state index in [0.717, 1.165) is 18.4 Å². The fourth-order valence-electron chi connectivity index (χ4n) is 3.37. The van der Waals surface area contributed by atoms with Gasteiger partial charge in [0.05, 0.1) is 0 Å². The number of nitrogens with two attached hydrogens (primary N) is 1. The number of amides is 2. The second-order valence-corrected chi connectivity index (χ2v) is 6.08. The zero-order valence-corrected chi connectivity index (χ0v) is 13.2. The lowest BCUT2D eigenvalue weighted by molar-refractivity contribution is -0.143. The summed E-state index contributed by atoms with van der Waals surface area (Å²) in [4.78, 5) is 28.2. The second-order valence-electron chi connectivity index (χ2n) is 6.08. The number of primary amides is 1. The van der Waals surface area contributed by atoms with E-state index in [-0.39, 0.29) is 17.9 Å². The standard InChI is InChI=1S/C17H23N3O3/c18-16(21)15(13-5-2-1-3-6-13)19-8-10-20(11-9-19)17(22)14-7-4-12-23-14/h1-3,5-6,14-15H,4,7-12H2,(H2,18,21)/t14-,15+/m0/s1. The van der Waals surface area contributed by atoms with Crippen LogP contribution in [0, 0.1) is 0 Å². The monoisotopic (exact) mass is 317 g/mol. The van der Waals surface area contributed by atoms with Crippen LogP contribution in [0.25, 0.3) is 0 Å². The molecule has 1 aromatic rings. The predicted molar refractivity (Wildman–Crippen MR) is 85.5 cm³/mol. The molecule has 1 aromatic carbocycles. The van der Waals surface area contributed by atoms with Crippen molar-refractivity contribution in [3.63, 3.8) is 0 Å². The fraction of sp³-hybridized carbons (Fsp3) is 0.529. The molecule has 0 spiro atoms. The zero-order chi connectivity index (χ0) is 16.2. The Hall–Kier alpha value is -1.92. The summed E-state index contributed by atoms with van der Waals surface area (Å²) in [5, 5.41) is 0. The van der Waals surface area contributed by atoms with E-state index in [9.17, 15) is 9.59 Å². The molecule has 0 bridgehead atoms. The number of piperazine rings is 1. The summed E-state index contributed by atoms with van der Waals surface area (Å²) in [5.41, 5.74) is 6.51. The van der Waals surface area contributed by atoms with Crippen LogP contribution in [0.15, 0.2) is 30.3 Å². The molecule has 2 saturated heterocycles. The molecule has 124 valence electrons. The molecule has 6 nitrogen and oxygen atoms in total. The Balaban J connectivity index is 1.63. The van der Waals surface area contributed by atoms with Crippen molar-refractivity contribution >= 4 is 11.8 Å². The van der Waals surface area contributed by atoms with Gasteiger partial charge in [-0.05, 0) is 18.4 Å². The minimum Gasteiger partial charge on any atom is -0.368 e. The summed E-state index contributed by atoms with van der Waals surface area (Å²) >= 11 is 0. The van der Waals surface area contributed by atoms with E-state index in [1.165, 1.54) is 0 Å². The van der Waals surface area contributed by atoms with Crippen molar-refractivity contribution < 1.29 is 14.3 Å². The lowest BCUT2D eigenvalue weighted by atomic mass is 10.0. The molecule has 0 aromatic heterocycles. The molecule has 2 aliphatic heterocycles. The van der Waals surface area contributed by atoms with Crippen LogP contribution in [0.4, 0.5) is 0 Å². The quantitative estimate of drug-likeness (QED) is 0.879. The molecule has 0 radical (unpaired) electrons. The molecule has 6 heteroatoms. The highest BCUT2D eigenvalue weighted by Crippen LogP contribution is 2.23. The SMILES string of the molecule is NC(=O)[C@@H](c1ccccc1)N1CCN(C(=O)[C@@H]2CCCO2)CC1. The Labute approximate surface area is 136 Å². The van der Waals surface area contributed by atoms with Crippen LogP contribution < -0.4 is 5.73 Å². The zero-order valence-electron chi connectivity index (χ0n) is 13.2. The van der Waals surface area contributed by atoms with Crippen LogP contribution in [0.3, 0.4) is 0 Å². The van der Waals surface area contributed by atoms with Gasteiger partial charge in [-0.3, -0.25) is 14.5 Å². The Morgan fingerprint density at radius 2 is 1.83 bits per heavy atom. The first-order valence-corrected chi connectivity index (χ1v) is 8.15. The fourth-order valence-corrected chi connectivity index (χ4v) is 3.37. The molecular formula is C17H23N3O3. The molecule has 2 amide bonds. The van der Waals surface area contributed by atoms with Gasteiger partial charge in [0.25, 0.3) is 5.91 Å². The van der Waals surface area contributed by atoms with Gasteiger partial charge in [0, 0.05) is 32.8 Å². The van der Waals surface area contributed by atoms with E-state index in [1.54, 1.807) is 0 Å². The van der Waals surface area contributed by atoms with Gasteiger partial charge in [-0.2, -0.15) is 0 Å². The van der Waals surface area contributed by atoms with Crippen LogP contribution in [-0.2, 0) is 14.3 Å². The molecule has 3 rings (SSSR count). The van der Waals surface area contributed by atoms with Gasteiger partial charge >= 0.3 is 0 Å². The van der Waals surface area contributed by atoms with Crippen LogP contribution in [0.5, 0.6) is 0 Å². The highest BCUT2D eigenvalue weighted by Gasteiger charge is 2.33. The Kier molecular flexibility index (Phi) is 4.93. The Morgan fingerprint density at radius 1 is 1.13 bits per heavy atom. The molecule has 0 saturated carbocycles. The summed E-state index contributed by atoms with van der Waals surface area (Å²) in [7, 11) is 0. The van der Waals surface area contributed by atoms with Crippen molar-refractivity contribution in [1.82, 2.24) is 9.80 Å². The second kappa shape index (κ2) is 7.10. The minimum absolute atomic E-state index is 0.0810. The average Bonchev–Trinajstić information content (AvgIpc) is 3.10. The number of ether oxygens (including phenoxy) is 1.